The molecule has 3 rings (SSSR count). The summed E-state index contributed by atoms with van der Waals surface area (Å²) in [6.07, 6.45) is -4.55. The van der Waals surface area contributed by atoms with Crippen LogP contribution in [0.15, 0.2) is 0 Å². The van der Waals surface area contributed by atoms with E-state index in [-0.39, 0.29) is 0 Å². The van der Waals surface area contributed by atoms with Crippen molar-refractivity contribution in [2.24, 2.45) is 0 Å². The number of rotatable bonds is 0. The number of aliphatic hydroxyl groups is 3. The zero-order valence-electron chi connectivity index (χ0n) is 5.04. The van der Waals surface area contributed by atoms with Gasteiger partial charge >= 0.3 is 0 Å². The Morgan fingerprint density at radius 1 is 0.900 bits per heavy atom. The summed E-state index contributed by atoms with van der Waals surface area (Å²) in [7, 11) is 0. The minimum atomic E-state index is -1.22. The minimum absolute atomic E-state index is 0.672. The van der Waals surface area contributed by atoms with Crippen molar-refractivity contribution in [1.29, 1.82) is 0 Å². The van der Waals surface area contributed by atoms with Gasteiger partial charge in [0.2, 0.25) is 0 Å². The monoisotopic (exact) mass is 148 g/mol. The fourth-order valence-corrected chi connectivity index (χ4v) is 1.16. The number of hydrogen-bond acceptors (Lipinski definition) is 5. The molecule has 0 radical (unpaired) electrons. The summed E-state index contributed by atoms with van der Waals surface area (Å²) in [5.74, 6) is 0. The van der Waals surface area contributed by atoms with Gasteiger partial charge in [-0.1, -0.05) is 0 Å². The maximum Gasteiger partial charge on any atom is 0.189 e. The van der Waals surface area contributed by atoms with E-state index in [0.29, 0.717) is 0 Å². The normalized spacial score (nSPS) is 59.7. The van der Waals surface area contributed by atoms with Crippen molar-refractivity contribution in [2.75, 3.05) is 0 Å². The second-order valence-electron chi connectivity index (χ2n) is 2.48. The first-order chi connectivity index (χ1) is 4.70. The summed E-state index contributed by atoms with van der Waals surface area (Å²) in [4.78, 5) is 0. The van der Waals surface area contributed by atoms with Gasteiger partial charge in [-0.2, -0.15) is 0 Å². The first kappa shape index (κ1) is 6.51. The van der Waals surface area contributed by atoms with Gasteiger partial charge in [0.05, 0.1) is 0 Å². The van der Waals surface area contributed by atoms with Crippen molar-refractivity contribution in [1.82, 2.24) is 0 Å². The fourth-order valence-electron chi connectivity index (χ4n) is 1.16. The molecule has 5 nitrogen and oxygen atoms in total. The van der Waals surface area contributed by atoms with Gasteiger partial charge in [-0.05, 0) is 0 Å². The molecule has 3 N–H and O–H groups in total. The Hall–Kier alpha value is -0.200. The molecule has 5 atom stereocenters. The van der Waals surface area contributed by atoms with Crippen LogP contribution in [0.3, 0.4) is 0 Å². The van der Waals surface area contributed by atoms with E-state index in [4.69, 9.17) is 20.1 Å². The standard InChI is InChI=1S/C5H8O5/c6-1-3-2(7)5(9-3)10-4(1)8/h1-8H/t1?,2?,3-,4?,5?/m0/s1. The molecule has 0 aromatic rings. The molecule has 0 saturated carbocycles. The predicted molar refractivity (Wildman–Crippen MR) is 27.8 cm³/mol. The van der Waals surface area contributed by atoms with Crippen LogP contribution in [0.25, 0.3) is 0 Å². The zero-order valence-corrected chi connectivity index (χ0v) is 5.04. The Morgan fingerprint density at radius 2 is 1.60 bits per heavy atom. The van der Waals surface area contributed by atoms with E-state index < -0.39 is 30.9 Å². The summed E-state index contributed by atoms with van der Waals surface area (Å²) in [5, 5.41) is 26.8. The molecule has 4 unspecified atom stereocenters. The van der Waals surface area contributed by atoms with E-state index in [2.05, 4.69) is 4.74 Å². The molecule has 3 aliphatic rings. The topological polar surface area (TPSA) is 79.2 Å². The highest BCUT2D eigenvalue weighted by atomic mass is 16.8. The average Bonchev–Trinajstić information content (AvgIpc) is 1.92. The maximum atomic E-state index is 8.99. The second-order valence-corrected chi connectivity index (χ2v) is 2.48. The molecule has 3 saturated heterocycles. The number of hydrogen-bond donors (Lipinski definition) is 3. The summed E-state index contributed by atoms with van der Waals surface area (Å²) in [6, 6.07) is 0. The van der Waals surface area contributed by atoms with Gasteiger partial charge in [-0.25, -0.2) is 0 Å². The van der Waals surface area contributed by atoms with Crippen molar-refractivity contribution in [2.45, 2.75) is 30.9 Å². The molecule has 0 aromatic carbocycles. The van der Waals surface area contributed by atoms with Crippen LogP contribution in [0.5, 0.6) is 0 Å². The highest BCUT2D eigenvalue weighted by Crippen LogP contribution is 2.33. The number of aliphatic hydroxyl groups excluding tert-OH is 3. The van der Waals surface area contributed by atoms with Crippen LogP contribution in [0.1, 0.15) is 0 Å². The Balaban J connectivity index is 2.08. The zero-order chi connectivity index (χ0) is 7.30. The summed E-state index contributed by atoms with van der Waals surface area (Å²) >= 11 is 0. The highest BCUT2D eigenvalue weighted by molar-refractivity contribution is 4.94. The highest BCUT2D eigenvalue weighted by Gasteiger charge is 2.54. The Bertz CT molecular complexity index is 145. The molecular weight excluding hydrogens is 140 g/mol. The minimum Gasteiger partial charge on any atom is -0.385 e. The van der Waals surface area contributed by atoms with Crippen molar-refractivity contribution >= 4 is 0 Å². The van der Waals surface area contributed by atoms with Crippen molar-refractivity contribution < 1.29 is 24.8 Å². The lowest BCUT2D eigenvalue weighted by atomic mass is 9.98. The van der Waals surface area contributed by atoms with Crippen LogP contribution in [0.4, 0.5) is 0 Å². The van der Waals surface area contributed by atoms with Crippen LogP contribution >= 0.6 is 0 Å². The number of fused-ring (bicyclic) bond motifs is 2. The largest absolute Gasteiger partial charge is 0.385 e. The van der Waals surface area contributed by atoms with E-state index in [1.165, 1.54) is 0 Å². The van der Waals surface area contributed by atoms with E-state index in [9.17, 15) is 0 Å². The lowest BCUT2D eigenvalue weighted by molar-refractivity contribution is -0.434. The van der Waals surface area contributed by atoms with Crippen LogP contribution in [0.2, 0.25) is 0 Å². The quantitative estimate of drug-likeness (QED) is 0.362. The van der Waals surface area contributed by atoms with Gasteiger partial charge in [0.25, 0.3) is 0 Å². The lowest BCUT2D eigenvalue weighted by Gasteiger charge is -2.49. The molecule has 0 amide bonds. The molecule has 3 heterocycles. The molecule has 0 aliphatic carbocycles. The van der Waals surface area contributed by atoms with E-state index in [1.54, 1.807) is 0 Å². The third kappa shape index (κ3) is 0.637. The SMILES string of the molecule is OC1OC2O[C@@H](C1O)C2O. The van der Waals surface area contributed by atoms with Crippen LogP contribution in [0, 0.1) is 0 Å². The van der Waals surface area contributed by atoms with Gasteiger partial charge in [-0.3, -0.25) is 0 Å². The fraction of sp³-hybridized carbons (Fsp3) is 1.00. The number of ether oxygens (including phenoxy) is 2. The smallest absolute Gasteiger partial charge is 0.189 e. The third-order valence-corrected chi connectivity index (χ3v) is 1.81. The van der Waals surface area contributed by atoms with Crippen molar-refractivity contribution in [3.8, 4) is 0 Å². The molecule has 10 heavy (non-hydrogen) atoms. The molecule has 0 aromatic heterocycles. The summed E-state index contributed by atoms with van der Waals surface area (Å²) in [6.45, 7) is 0. The third-order valence-electron chi connectivity index (χ3n) is 1.81. The first-order valence-corrected chi connectivity index (χ1v) is 3.05. The maximum absolute atomic E-state index is 8.99. The van der Waals surface area contributed by atoms with Gasteiger partial charge in [0, 0.05) is 0 Å². The summed E-state index contributed by atoms with van der Waals surface area (Å²) in [5.41, 5.74) is 0. The van der Waals surface area contributed by atoms with E-state index in [0.717, 1.165) is 0 Å². The van der Waals surface area contributed by atoms with Gasteiger partial charge in [0.15, 0.2) is 12.6 Å². The van der Waals surface area contributed by atoms with Crippen LogP contribution in [-0.4, -0.2) is 46.2 Å². The molecule has 2 bridgehead atoms. The van der Waals surface area contributed by atoms with E-state index in [1.807, 2.05) is 0 Å². The first-order valence-electron chi connectivity index (χ1n) is 3.05. The summed E-state index contributed by atoms with van der Waals surface area (Å²) < 4.78 is 9.40. The van der Waals surface area contributed by atoms with E-state index >= 15 is 0 Å². The molecule has 3 fully saturated rings. The lowest BCUT2D eigenvalue weighted by Crippen LogP contribution is -2.69. The average molecular weight is 148 g/mol. The Labute approximate surface area is 56.8 Å². The Kier molecular flexibility index (Phi) is 1.23. The predicted octanol–water partition coefficient (Wildman–Crippen LogP) is -2.22. The van der Waals surface area contributed by atoms with Gasteiger partial charge in [-0.15, -0.1) is 0 Å². The molecule has 0 spiro atoms. The van der Waals surface area contributed by atoms with Gasteiger partial charge < -0.3 is 24.8 Å². The second kappa shape index (κ2) is 1.90. The molecule has 5 heteroatoms. The molecule has 58 valence electrons. The van der Waals surface area contributed by atoms with Gasteiger partial charge in [0.1, 0.15) is 18.3 Å². The van der Waals surface area contributed by atoms with Crippen molar-refractivity contribution in [3.63, 3.8) is 0 Å². The Morgan fingerprint density at radius 3 is 2.00 bits per heavy atom. The van der Waals surface area contributed by atoms with Crippen molar-refractivity contribution in [3.05, 3.63) is 0 Å². The molecular formula is C5H8O5. The molecule has 3 aliphatic heterocycles. The van der Waals surface area contributed by atoms with Crippen LogP contribution < -0.4 is 0 Å². The van der Waals surface area contributed by atoms with Crippen LogP contribution in [-0.2, 0) is 9.47 Å².